The minimum atomic E-state index is -1.07. The quantitative estimate of drug-likeness (QED) is 0.438. The minimum Gasteiger partial charge on any atom is -0.497 e. The van der Waals surface area contributed by atoms with Crippen LogP contribution in [0.5, 0.6) is 5.75 Å². The van der Waals surface area contributed by atoms with Gasteiger partial charge < -0.3 is 14.8 Å². The van der Waals surface area contributed by atoms with Gasteiger partial charge in [-0.2, -0.15) is 5.26 Å². The maximum Gasteiger partial charge on any atom is 0.349 e. The van der Waals surface area contributed by atoms with Crippen LogP contribution in [-0.2, 0) is 20.9 Å². The van der Waals surface area contributed by atoms with E-state index in [1.54, 1.807) is 54.6 Å². The van der Waals surface area contributed by atoms with Crippen LogP contribution in [0.4, 0.5) is 0 Å². The Morgan fingerprint density at radius 3 is 2.68 bits per heavy atom. The monoisotopic (exact) mass is 398 g/mol. The highest BCUT2D eigenvalue weighted by Crippen LogP contribution is 2.16. The van der Waals surface area contributed by atoms with Gasteiger partial charge in [0.1, 0.15) is 17.4 Å². The molecule has 7 heteroatoms. The smallest absolute Gasteiger partial charge is 0.349 e. The Hall–Kier alpha value is -3.30. The molecule has 0 aliphatic rings. The molecule has 0 spiro atoms. The molecule has 0 unspecified atom stereocenters. The molecule has 0 heterocycles. The number of rotatable bonds is 7. The Morgan fingerprint density at radius 2 is 2.00 bits per heavy atom. The first-order valence-corrected chi connectivity index (χ1v) is 8.80. The molecule has 2 rings (SSSR count). The average molecular weight is 399 g/mol. The Kier molecular flexibility index (Phi) is 7.61. The van der Waals surface area contributed by atoms with E-state index in [0.717, 1.165) is 5.56 Å². The number of nitrogens with one attached hydrogen (secondary N) is 1. The van der Waals surface area contributed by atoms with Crippen molar-refractivity contribution in [1.29, 1.82) is 5.26 Å². The van der Waals surface area contributed by atoms with Gasteiger partial charge in [-0.05, 0) is 42.3 Å². The summed E-state index contributed by atoms with van der Waals surface area (Å²) in [6.07, 6.45) is 0.302. The fraction of sp³-hybridized carbons (Fsp3) is 0.190. The van der Waals surface area contributed by atoms with Crippen molar-refractivity contribution < 1.29 is 19.1 Å². The van der Waals surface area contributed by atoms with Crippen LogP contribution < -0.4 is 10.1 Å². The largest absolute Gasteiger partial charge is 0.497 e. The predicted octanol–water partition coefficient (Wildman–Crippen LogP) is 3.50. The first-order valence-electron chi connectivity index (χ1n) is 8.42. The van der Waals surface area contributed by atoms with Crippen LogP contribution in [-0.4, -0.2) is 25.1 Å². The van der Waals surface area contributed by atoms with Crippen molar-refractivity contribution in [2.75, 3.05) is 7.11 Å². The van der Waals surface area contributed by atoms with E-state index in [1.165, 1.54) is 20.1 Å². The number of methoxy groups -OCH3 is 1. The highest BCUT2D eigenvalue weighted by Gasteiger charge is 2.20. The number of hydrogen-bond donors (Lipinski definition) is 1. The van der Waals surface area contributed by atoms with Gasteiger partial charge in [0, 0.05) is 11.6 Å². The van der Waals surface area contributed by atoms with E-state index in [9.17, 15) is 14.9 Å². The lowest BCUT2D eigenvalue weighted by Crippen LogP contribution is -2.35. The lowest BCUT2D eigenvalue weighted by atomic mass is 10.1. The number of esters is 1. The molecule has 1 atom stereocenters. The summed E-state index contributed by atoms with van der Waals surface area (Å²) >= 11 is 6.04. The molecule has 6 nitrogen and oxygen atoms in total. The summed E-state index contributed by atoms with van der Waals surface area (Å²) in [6, 6.07) is 15.7. The summed E-state index contributed by atoms with van der Waals surface area (Å²) in [4.78, 5) is 24.4. The average Bonchev–Trinajstić information content (AvgIpc) is 2.71. The number of nitrogens with zero attached hydrogens (tertiary/aromatic N) is 1. The normalized spacial score (nSPS) is 11.9. The van der Waals surface area contributed by atoms with Gasteiger partial charge >= 0.3 is 5.97 Å². The Bertz CT molecular complexity index is 934. The summed E-state index contributed by atoms with van der Waals surface area (Å²) in [7, 11) is 1.52. The van der Waals surface area contributed by atoms with Crippen LogP contribution >= 0.6 is 11.6 Å². The number of halogens is 1. The molecule has 0 saturated carbocycles. The number of ether oxygens (including phenoxy) is 2. The van der Waals surface area contributed by atoms with Gasteiger partial charge in [0.25, 0.3) is 5.91 Å². The molecule has 0 fully saturated rings. The third kappa shape index (κ3) is 5.86. The van der Waals surface area contributed by atoms with E-state index in [-0.39, 0.29) is 12.1 Å². The third-order valence-electron chi connectivity index (χ3n) is 3.81. The van der Waals surface area contributed by atoms with Gasteiger partial charge in [-0.1, -0.05) is 41.9 Å². The van der Waals surface area contributed by atoms with Gasteiger partial charge in [0.2, 0.25) is 0 Å². The first kappa shape index (κ1) is 21.0. The van der Waals surface area contributed by atoms with Gasteiger partial charge in [-0.15, -0.1) is 0 Å². The molecule has 28 heavy (non-hydrogen) atoms. The zero-order chi connectivity index (χ0) is 20.5. The maximum absolute atomic E-state index is 12.2. The molecule has 0 aliphatic heterocycles. The molecule has 0 aromatic heterocycles. The standard InChI is InChI=1S/C21H19ClN2O4/c1-14(20(25)24-13-16-7-3-4-9-19(16)22)28-21(26)17(12-23)10-15-6-5-8-18(11-15)27-2/h3-11,14H,13H2,1-2H3,(H,24,25)/b17-10+/t14-/m0/s1. The molecule has 2 aromatic carbocycles. The zero-order valence-corrected chi connectivity index (χ0v) is 16.2. The van der Waals surface area contributed by atoms with Crippen LogP contribution in [0.15, 0.2) is 54.1 Å². The van der Waals surface area contributed by atoms with Crippen molar-refractivity contribution >= 4 is 29.6 Å². The van der Waals surface area contributed by atoms with Crippen molar-refractivity contribution in [2.45, 2.75) is 19.6 Å². The minimum absolute atomic E-state index is 0.200. The molecule has 0 saturated heterocycles. The molecular weight excluding hydrogens is 380 g/mol. The molecule has 2 aromatic rings. The van der Waals surface area contributed by atoms with E-state index >= 15 is 0 Å². The van der Waals surface area contributed by atoms with Gasteiger partial charge in [0.15, 0.2) is 6.10 Å². The summed E-state index contributed by atoms with van der Waals surface area (Å²) in [5, 5.41) is 12.4. The van der Waals surface area contributed by atoms with Gasteiger partial charge in [-0.3, -0.25) is 4.79 Å². The Balaban J connectivity index is 1.99. The van der Waals surface area contributed by atoms with Crippen molar-refractivity contribution in [2.24, 2.45) is 0 Å². The molecule has 0 aliphatic carbocycles. The van der Waals surface area contributed by atoms with Crippen LogP contribution in [0, 0.1) is 11.3 Å². The fourth-order valence-corrected chi connectivity index (χ4v) is 2.48. The predicted molar refractivity (Wildman–Crippen MR) is 105 cm³/mol. The summed E-state index contributed by atoms with van der Waals surface area (Å²) in [5.74, 6) is -0.788. The topological polar surface area (TPSA) is 88.4 Å². The summed E-state index contributed by atoms with van der Waals surface area (Å²) in [5.41, 5.74) is 1.12. The van der Waals surface area contributed by atoms with Crippen molar-refractivity contribution in [1.82, 2.24) is 5.32 Å². The Labute approximate surface area is 168 Å². The second kappa shape index (κ2) is 10.1. The summed E-state index contributed by atoms with van der Waals surface area (Å²) < 4.78 is 10.2. The van der Waals surface area contributed by atoms with Gasteiger partial charge in [0.05, 0.1) is 7.11 Å². The van der Waals surface area contributed by atoms with Crippen LogP contribution in [0.1, 0.15) is 18.1 Å². The molecule has 144 valence electrons. The maximum atomic E-state index is 12.2. The number of benzene rings is 2. The Morgan fingerprint density at radius 1 is 1.25 bits per heavy atom. The van der Waals surface area contributed by atoms with E-state index in [2.05, 4.69) is 5.32 Å². The number of carbonyl (C=O) groups is 2. The molecular formula is C21H19ClN2O4. The SMILES string of the molecule is COc1cccc(/C=C(\C#N)C(=O)O[C@@H](C)C(=O)NCc2ccccc2Cl)c1. The first-order chi connectivity index (χ1) is 13.4. The van der Waals surface area contributed by atoms with E-state index in [1.807, 2.05) is 0 Å². The molecule has 1 N–H and O–H groups in total. The highest BCUT2D eigenvalue weighted by atomic mass is 35.5. The van der Waals surface area contributed by atoms with Crippen molar-refractivity contribution in [3.05, 3.63) is 70.3 Å². The van der Waals surface area contributed by atoms with E-state index in [0.29, 0.717) is 16.3 Å². The number of carbonyl (C=O) groups excluding carboxylic acids is 2. The lowest BCUT2D eigenvalue weighted by molar-refractivity contribution is -0.150. The molecule has 1 amide bonds. The zero-order valence-electron chi connectivity index (χ0n) is 15.4. The van der Waals surface area contributed by atoms with Crippen LogP contribution in [0.25, 0.3) is 6.08 Å². The number of hydrogen-bond acceptors (Lipinski definition) is 5. The van der Waals surface area contributed by atoms with Crippen LogP contribution in [0.2, 0.25) is 5.02 Å². The van der Waals surface area contributed by atoms with Crippen molar-refractivity contribution in [3.8, 4) is 11.8 Å². The highest BCUT2D eigenvalue weighted by molar-refractivity contribution is 6.31. The number of amides is 1. The molecule has 0 radical (unpaired) electrons. The second-order valence-corrected chi connectivity index (χ2v) is 6.21. The van der Waals surface area contributed by atoms with Crippen molar-refractivity contribution in [3.63, 3.8) is 0 Å². The summed E-state index contributed by atoms with van der Waals surface area (Å²) in [6.45, 7) is 1.63. The van der Waals surface area contributed by atoms with E-state index in [4.69, 9.17) is 21.1 Å². The lowest BCUT2D eigenvalue weighted by Gasteiger charge is -2.13. The fourth-order valence-electron chi connectivity index (χ4n) is 2.28. The second-order valence-electron chi connectivity index (χ2n) is 5.80. The third-order valence-corrected chi connectivity index (χ3v) is 4.18. The molecule has 0 bridgehead atoms. The van der Waals surface area contributed by atoms with Crippen LogP contribution in [0.3, 0.4) is 0 Å². The number of nitriles is 1. The van der Waals surface area contributed by atoms with E-state index < -0.39 is 18.0 Å². The van der Waals surface area contributed by atoms with Gasteiger partial charge in [-0.25, -0.2) is 4.79 Å².